The Labute approximate surface area is 72.5 Å². The second-order valence-electron chi connectivity index (χ2n) is 2.46. The van der Waals surface area contributed by atoms with Gasteiger partial charge < -0.3 is 5.32 Å². The molecule has 0 atom stereocenters. The van der Waals surface area contributed by atoms with Crippen LogP contribution in [0.5, 0.6) is 0 Å². The highest BCUT2D eigenvalue weighted by atomic mass is 32.1. The zero-order valence-corrected chi connectivity index (χ0v) is 7.36. The van der Waals surface area contributed by atoms with E-state index in [4.69, 9.17) is 0 Å². The topological polar surface area (TPSA) is 12.0 Å². The van der Waals surface area contributed by atoms with Crippen LogP contribution in [0.4, 0.5) is 5.69 Å². The summed E-state index contributed by atoms with van der Waals surface area (Å²) in [6.45, 7) is 5.67. The van der Waals surface area contributed by atoms with Crippen LogP contribution >= 0.6 is 12.6 Å². The minimum Gasteiger partial charge on any atom is -0.360 e. The highest BCUT2D eigenvalue weighted by molar-refractivity contribution is 7.80. The van der Waals surface area contributed by atoms with Crippen LogP contribution in [0.2, 0.25) is 0 Å². The van der Waals surface area contributed by atoms with Crippen LogP contribution in [0.3, 0.4) is 0 Å². The van der Waals surface area contributed by atoms with Gasteiger partial charge in [0.2, 0.25) is 0 Å². The summed E-state index contributed by atoms with van der Waals surface area (Å²) < 4.78 is 0. The molecular formula is C9H11NS. The zero-order chi connectivity index (χ0) is 8.27. The van der Waals surface area contributed by atoms with E-state index in [1.807, 2.05) is 31.2 Å². The van der Waals surface area contributed by atoms with Gasteiger partial charge in [-0.15, -0.1) is 12.6 Å². The molecule has 0 radical (unpaired) electrons. The van der Waals surface area contributed by atoms with Crippen LogP contribution in [-0.4, -0.2) is 0 Å². The maximum absolute atomic E-state index is 4.21. The molecule has 1 N–H and O–H groups in total. The molecule has 1 nitrogen and oxygen atoms in total. The first-order valence-corrected chi connectivity index (χ1v) is 3.85. The van der Waals surface area contributed by atoms with Gasteiger partial charge in [-0.3, -0.25) is 0 Å². The number of hydrogen-bond donors (Lipinski definition) is 2. The number of benzene rings is 1. The first-order chi connectivity index (χ1) is 5.18. The minimum absolute atomic E-state index is 0.934. The largest absolute Gasteiger partial charge is 0.360 e. The van der Waals surface area contributed by atoms with E-state index in [0.717, 1.165) is 16.3 Å². The van der Waals surface area contributed by atoms with Crippen LogP contribution in [-0.2, 0) is 0 Å². The number of thiol groups is 1. The van der Waals surface area contributed by atoms with Gasteiger partial charge in [-0.25, -0.2) is 0 Å². The molecule has 0 aliphatic rings. The molecule has 0 saturated carbocycles. The maximum atomic E-state index is 4.21. The Bertz CT molecular complexity index is 268. The van der Waals surface area contributed by atoms with E-state index in [1.165, 1.54) is 0 Å². The lowest BCUT2D eigenvalue weighted by molar-refractivity contribution is 1.37. The number of allylic oxidation sites excluding steroid dienone is 1. The predicted octanol–water partition coefficient (Wildman–Crippen LogP) is 2.92. The number of nitrogens with one attached hydrogen (secondary N) is 1. The molecule has 58 valence electrons. The summed E-state index contributed by atoms with van der Waals surface area (Å²) in [6, 6.07) is 7.83. The zero-order valence-electron chi connectivity index (χ0n) is 6.46. The Morgan fingerprint density at radius 3 is 2.82 bits per heavy atom. The molecule has 0 amide bonds. The van der Waals surface area contributed by atoms with Gasteiger partial charge in [-0.05, 0) is 25.1 Å². The van der Waals surface area contributed by atoms with Gasteiger partial charge in [-0.1, -0.05) is 12.6 Å². The van der Waals surface area contributed by atoms with Crippen LogP contribution < -0.4 is 5.32 Å². The average molecular weight is 165 g/mol. The highest BCUT2D eigenvalue weighted by Crippen LogP contribution is 2.14. The lowest BCUT2D eigenvalue weighted by Crippen LogP contribution is -1.92. The highest BCUT2D eigenvalue weighted by Gasteiger charge is 1.90. The fraction of sp³-hybridized carbons (Fsp3) is 0.111. The summed E-state index contributed by atoms with van der Waals surface area (Å²) in [5, 5.41) is 3.10. The van der Waals surface area contributed by atoms with Crippen LogP contribution in [0.15, 0.2) is 41.4 Å². The Hall–Kier alpha value is -0.890. The molecule has 0 aliphatic carbocycles. The Balaban J connectivity index is 2.79. The van der Waals surface area contributed by atoms with Gasteiger partial charge in [0.25, 0.3) is 0 Å². The molecule has 2 heteroatoms. The standard InChI is InChI=1S/C9H11NS/c1-7(2)10-8-4-3-5-9(11)6-8/h3-6,10-11H,1H2,2H3. The summed E-state index contributed by atoms with van der Waals surface area (Å²) in [5.74, 6) is 0. The monoisotopic (exact) mass is 165 g/mol. The van der Waals surface area contributed by atoms with Crippen molar-refractivity contribution in [3.05, 3.63) is 36.5 Å². The first kappa shape index (κ1) is 8.21. The third-order valence-corrected chi connectivity index (χ3v) is 1.48. The van der Waals surface area contributed by atoms with E-state index in [9.17, 15) is 0 Å². The van der Waals surface area contributed by atoms with Crippen molar-refractivity contribution >= 4 is 18.3 Å². The van der Waals surface area contributed by atoms with Gasteiger partial charge in [0.05, 0.1) is 0 Å². The van der Waals surface area contributed by atoms with E-state index in [2.05, 4.69) is 24.5 Å². The number of rotatable bonds is 2. The molecule has 1 rings (SSSR count). The number of anilines is 1. The average Bonchev–Trinajstić information content (AvgIpc) is 1.85. The van der Waals surface area contributed by atoms with E-state index in [1.54, 1.807) is 0 Å². The van der Waals surface area contributed by atoms with E-state index in [0.29, 0.717) is 0 Å². The van der Waals surface area contributed by atoms with Crippen molar-refractivity contribution in [1.29, 1.82) is 0 Å². The van der Waals surface area contributed by atoms with E-state index in [-0.39, 0.29) is 0 Å². The van der Waals surface area contributed by atoms with Crippen molar-refractivity contribution in [1.82, 2.24) is 0 Å². The van der Waals surface area contributed by atoms with E-state index >= 15 is 0 Å². The Morgan fingerprint density at radius 2 is 2.27 bits per heavy atom. The SMILES string of the molecule is C=C(C)Nc1cccc(S)c1. The lowest BCUT2D eigenvalue weighted by atomic mass is 10.3. The second-order valence-corrected chi connectivity index (χ2v) is 2.97. The maximum Gasteiger partial charge on any atom is 0.0392 e. The molecule has 0 heterocycles. The lowest BCUT2D eigenvalue weighted by Gasteiger charge is -2.04. The molecule has 0 spiro atoms. The fourth-order valence-corrected chi connectivity index (χ4v) is 1.06. The predicted molar refractivity (Wildman–Crippen MR) is 52.1 cm³/mol. The fourth-order valence-electron chi connectivity index (χ4n) is 0.830. The molecule has 1 aromatic rings. The normalized spacial score (nSPS) is 9.27. The smallest absolute Gasteiger partial charge is 0.0392 e. The summed E-state index contributed by atoms with van der Waals surface area (Å²) in [4.78, 5) is 0.955. The van der Waals surface area contributed by atoms with E-state index < -0.39 is 0 Å². The van der Waals surface area contributed by atoms with Crippen LogP contribution in [0, 0.1) is 0 Å². The van der Waals surface area contributed by atoms with Gasteiger partial charge >= 0.3 is 0 Å². The summed E-state index contributed by atoms with van der Waals surface area (Å²) in [7, 11) is 0. The van der Waals surface area contributed by atoms with Crippen LogP contribution in [0.1, 0.15) is 6.92 Å². The van der Waals surface area contributed by atoms with Crippen LogP contribution in [0.25, 0.3) is 0 Å². The van der Waals surface area contributed by atoms with Crippen molar-refractivity contribution in [2.45, 2.75) is 11.8 Å². The van der Waals surface area contributed by atoms with Gasteiger partial charge in [0.15, 0.2) is 0 Å². The summed E-state index contributed by atoms with van der Waals surface area (Å²) in [5.41, 5.74) is 1.97. The number of hydrogen-bond acceptors (Lipinski definition) is 2. The minimum atomic E-state index is 0.934. The van der Waals surface area contributed by atoms with Crippen molar-refractivity contribution in [3.8, 4) is 0 Å². The summed E-state index contributed by atoms with van der Waals surface area (Å²) >= 11 is 4.21. The molecule has 0 saturated heterocycles. The summed E-state index contributed by atoms with van der Waals surface area (Å²) in [6.07, 6.45) is 0. The molecule has 0 fully saturated rings. The molecule has 0 aliphatic heterocycles. The Morgan fingerprint density at radius 1 is 1.55 bits per heavy atom. The molecule has 0 aromatic heterocycles. The first-order valence-electron chi connectivity index (χ1n) is 3.40. The molecular weight excluding hydrogens is 154 g/mol. The molecule has 1 aromatic carbocycles. The van der Waals surface area contributed by atoms with Crippen molar-refractivity contribution in [3.63, 3.8) is 0 Å². The molecule has 0 bridgehead atoms. The van der Waals surface area contributed by atoms with Crippen molar-refractivity contribution in [2.75, 3.05) is 5.32 Å². The quantitative estimate of drug-likeness (QED) is 0.642. The Kier molecular flexibility index (Phi) is 2.60. The van der Waals surface area contributed by atoms with Gasteiger partial charge in [0, 0.05) is 16.3 Å². The molecule has 11 heavy (non-hydrogen) atoms. The van der Waals surface area contributed by atoms with Crippen molar-refractivity contribution < 1.29 is 0 Å². The van der Waals surface area contributed by atoms with Crippen molar-refractivity contribution in [2.24, 2.45) is 0 Å². The third-order valence-electron chi connectivity index (χ3n) is 1.20. The third kappa shape index (κ3) is 2.68. The second kappa shape index (κ2) is 3.49. The molecule has 0 unspecified atom stereocenters. The van der Waals surface area contributed by atoms with Gasteiger partial charge in [0.1, 0.15) is 0 Å². The van der Waals surface area contributed by atoms with Gasteiger partial charge in [-0.2, -0.15) is 0 Å².